The molecule has 116 valence electrons. The molecule has 0 bridgehead atoms. The predicted molar refractivity (Wildman–Crippen MR) is 77.8 cm³/mol. The first-order valence-corrected chi connectivity index (χ1v) is 6.50. The van der Waals surface area contributed by atoms with Crippen molar-refractivity contribution in [1.29, 1.82) is 0 Å². The lowest BCUT2D eigenvalue weighted by atomic mass is 10.0. The molecule has 0 radical (unpaired) electrons. The number of amides is 1. The molecule has 1 atom stereocenters. The average Bonchev–Trinajstić information content (AvgIpc) is 2.45. The van der Waals surface area contributed by atoms with Crippen LogP contribution >= 0.6 is 0 Å². The first-order chi connectivity index (χ1) is 10.2. The second-order valence-corrected chi connectivity index (χ2v) is 5.15. The maximum Gasteiger partial charge on any atom is 0.349 e. The molecule has 1 amide bonds. The van der Waals surface area contributed by atoms with Crippen LogP contribution in [-0.2, 0) is 4.79 Å². The third kappa shape index (κ3) is 2.84. The van der Waals surface area contributed by atoms with Crippen LogP contribution in [0.1, 0.15) is 22.8 Å². The van der Waals surface area contributed by atoms with E-state index in [1.54, 1.807) is 31.2 Å². The van der Waals surface area contributed by atoms with E-state index in [2.05, 4.69) is 5.32 Å². The lowest BCUT2D eigenvalue weighted by Crippen LogP contribution is -2.47. The molecular formula is C15H15NO6. The molecule has 0 saturated heterocycles. The van der Waals surface area contributed by atoms with Crippen molar-refractivity contribution in [3.63, 3.8) is 0 Å². The van der Waals surface area contributed by atoms with Gasteiger partial charge in [-0.05, 0) is 25.5 Å². The highest BCUT2D eigenvalue weighted by molar-refractivity contribution is 5.99. The Morgan fingerprint density at radius 1 is 1.32 bits per heavy atom. The molecule has 2 rings (SSSR count). The highest BCUT2D eigenvalue weighted by Gasteiger charge is 2.31. The highest BCUT2D eigenvalue weighted by Crippen LogP contribution is 2.18. The molecular weight excluding hydrogens is 290 g/mol. The van der Waals surface area contributed by atoms with Gasteiger partial charge < -0.3 is 19.9 Å². The van der Waals surface area contributed by atoms with Gasteiger partial charge in [0.25, 0.3) is 5.91 Å². The van der Waals surface area contributed by atoms with Crippen LogP contribution in [0, 0.1) is 6.92 Å². The van der Waals surface area contributed by atoms with Gasteiger partial charge in [0.1, 0.15) is 11.1 Å². The number of para-hydroxylation sites is 1. The fourth-order valence-corrected chi connectivity index (χ4v) is 1.98. The van der Waals surface area contributed by atoms with Gasteiger partial charge in [0.15, 0.2) is 5.60 Å². The molecule has 7 nitrogen and oxygen atoms in total. The summed E-state index contributed by atoms with van der Waals surface area (Å²) in [5.74, 6) is -2.27. The van der Waals surface area contributed by atoms with Gasteiger partial charge in [-0.15, -0.1) is 0 Å². The van der Waals surface area contributed by atoms with Crippen LogP contribution in [0.3, 0.4) is 0 Å². The van der Waals surface area contributed by atoms with Gasteiger partial charge in [0.2, 0.25) is 0 Å². The second kappa shape index (κ2) is 5.61. The predicted octanol–water partition coefficient (Wildman–Crippen LogP) is 0.667. The summed E-state index contributed by atoms with van der Waals surface area (Å²) in [6.45, 7) is 2.11. The molecule has 0 aliphatic carbocycles. The second-order valence-electron chi connectivity index (χ2n) is 5.15. The lowest BCUT2D eigenvalue weighted by Gasteiger charge is -2.18. The molecule has 1 aromatic carbocycles. The maximum absolute atomic E-state index is 12.1. The summed E-state index contributed by atoms with van der Waals surface area (Å²) in [5, 5.41) is 21.2. The van der Waals surface area contributed by atoms with E-state index in [1.807, 2.05) is 0 Å². The zero-order valence-electron chi connectivity index (χ0n) is 12.0. The molecule has 0 spiro atoms. The monoisotopic (exact) mass is 305 g/mol. The number of carboxylic acids is 1. The summed E-state index contributed by atoms with van der Waals surface area (Å²) in [5.41, 5.74) is -2.36. The largest absolute Gasteiger partial charge is 0.479 e. The lowest BCUT2D eigenvalue weighted by molar-refractivity contribution is -0.155. The minimum absolute atomic E-state index is 0.208. The first-order valence-electron chi connectivity index (χ1n) is 6.50. The Bertz CT molecular complexity index is 805. The van der Waals surface area contributed by atoms with Crippen LogP contribution in [0.25, 0.3) is 11.0 Å². The number of hydrogen-bond acceptors (Lipinski definition) is 5. The van der Waals surface area contributed by atoms with Crippen molar-refractivity contribution < 1.29 is 24.2 Å². The molecule has 7 heteroatoms. The molecule has 2 aromatic rings. The third-order valence-electron chi connectivity index (χ3n) is 3.35. The van der Waals surface area contributed by atoms with E-state index < -0.39 is 29.6 Å². The molecule has 0 fully saturated rings. The molecule has 3 N–H and O–H groups in total. The van der Waals surface area contributed by atoms with Crippen LogP contribution in [0.5, 0.6) is 0 Å². The number of carbonyl (C=O) groups excluding carboxylic acids is 1. The van der Waals surface area contributed by atoms with Gasteiger partial charge in [0, 0.05) is 5.39 Å². The van der Waals surface area contributed by atoms with Gasteiger partial charge in [-0.25, -0.2) is 9.59 Å². The van der Waals surface area contributed by atoms with Crippen molar-refractivity contribution in [2.24, 2.45) is 0 Å². The molecule has 1 heterocycles. The summed E-state index contributed by atoms with van der Waals surface area (Å²) in [6, 6.07) is 6.76. The number of hydrogen-bond donors (Lipinski definition) is 3. The van der Waals surface area contributed by atoms with Crippen molar-refractivity contribution in [1.82, 2.24) is 5.32 Å². The Hall–Kier alpha value is -2.67. The van der Waals surface area contributed by atoms with Crippen LogP contribution in [0.4, 0.5) is 0 Å². The fraction of sp³-hybridized carbons (Fsp3) is 0.267. The number of fused-ring (bicyclic) bond motifs is 1. The number of nitrogens with one attached hydrogen (secondary N) is 1. The molecule has 0 aliphatic rings. The van der Waals surface area contributed by atoms with E-state index in [-0.39, 0.29) is 5.56 Å². The van der Waals surface area contributed by atoms with Crippen LogP contribution in [-0.4, -0.2) is 34.2 Å². The number of aliphatic hydroxyl groups is 1. The highest BCUT2D eigenvalue weighted by atomic mass is 16.4. The van der Waals surface area contributed by atoms with Crippen molar-refractivity contribution >= 4 is 22.8 Å². The number of carbonyl (C=O) groups is 2. The van der Waals surface area contributed by atoms with Crippen LogP contribution in [0.2, 0.25) is 0 Å². The Kier molecular flexibility index (Phi) is 4.01. The fourth-order valence-electron chi connectivity index (χ4n) is 1.98. The van der Waals surface area contributed by atoms with Gasteiger partial charge in [0.05, 0.1) is 6.54 Å². The Balaban J connectivity index is 2.37. The number of rotatable bonds is 4. The Labute approximate surface area is 125 Å². The van der Waals surface area contributed by atoms with E-state index in [0.29, 0.717) is 16.5 Å². The van der Waals surface area contributed by atoms with E-state index in [9.17, 15) is 19.5 Å². The summed E-state index contributed by atoms with van der Waals surface area (Å²) >= 11 is 0. The van der Waals surface area contributed by atoms with Gasteiger partial charge in [-0.1, -0.05) is 18.2 Å². The number of benzene rings is 1. The average molecular weight is 305 g/mol. The van der Waals surface area contributed by atoms with Crippen molar-refractivity contribution in [2.75, 3.05) is 6.54 Å². The molecule has 1 aromatic heterocycles. The van der Waals surface area contributed by atoms with E-state index in [0.717, 1.165) is 6.92 Å². The summed E-state index contributed by atoms with van der Waals surface area (Å²) in [6.07, 6.45) is 0. The summed E-state index contributed by atoms with van der Waals surface area (Å²) < 4.78 is 5.08. The maximum atomic E-state index is 12.1. The van der Waals surface area contributed by atoms with E-state index >= 15 is 0 Å². The van der Waals surface area contributed by atoms with Crippen molar-refractivity contribution in [3.05, 3.63) is 45.8 Å². The van der Waals surface area contributed by atoms with Crippen LogP contribution in [0.15, 0.2) is 33.5 Å². The Morgan fingerprint density at radius 3 is 2.59 bits per heavy atom. The zero-order valence-corrected chi connectivity index (χ0v) is 12.0. The molecule has 22 heavy (non-hydrogen) atoms. The quantitative estimate of drug-likeness (QED) is 0.715. The minimum atomic E-state index is -2.12. The Morgan fingerprint density at radius 2 is 1.95 bits per heavy atom. The van der Waals surface area contributed by atoms with E-state index in [4.69, 9.17) is 9.52 Å². The zero-order chi connectivity index (χ0) is 16.5. The topological polar surface area (TPSA) is 117 Å². The smallest absolute Gasteiger partial charge is 0.349 e. The van der Waals surface area contributed by atoms with Crippen molar-refractivity contribution in [3.8, 4) is 0 Å². The molecule has 1 unspecified atom stereocenters. The van der Waals surface area contributed by atoms with Gasteiger partial charge in [-0.2, -0.15) is 0 Å². The molecule has 0 saturated carbocycles. The first kappa shape index (κ1) is 15.7. The number of carboxylic acid groups (broad SMARTS) is 1. The van der Waals surface area contributed by atoms with E-state index in [1.165, 1.54) is 0 Å². The summed E-state index contributed by atoms with van der Waals surface area (Å²) in [4.78, 5) is 34.9. The number of aryl methyl sites for hydroxylation is 1. The molecule has 0 aliphatic heterocycles. The normalized spacial score (nSPS) is 13.6. The number of aliphatic carboxylic acids is 1. The standard InChI is InChI=1S/C15H15NO6/c1-8-9-5-3-4-6-10(9)22-13(18)11(8)12(17)16-7-15(2,21)14(19)20/h3-6,21H,7H2,1-2H3,(H,16,17)(H,19,20). The minimum Gasteiger partial charge on any atom is -0.479 e. The van der Waals surface area contributed by atoms with Gasteiger partial charge >= 0.3 is 11.6 Å². The van der Waals surface area contributed by atoms with Crippen molar-refractivity contribution in [2.45, 2.75) is 19.4 Å². The third-order valence-corrected chi connectivity index (χ3v) is 3.35. The van der Waals surface area contributed by atoms with Gasteiger partial charge in [-0.3, -0.25) is 4.79 Å². The SMILES string of the molecule is Cc1c(C(=O)NCC(C)(O)C(=O)O)c(=O)oc2ccccc12. The summed E-state index contributed by atoms with van der Waals surface area (Å²) in [7, 11) is 0. The van der Waals surface area contributed by atoms with Crippen LogP contribution < -0.4 is 10.9 Å².